The van der Waals surface area contributed by atoms with E-state index in [0.717, 1.165) is 29.3 Å². The Balaban J connectivity index is 1.68. The second-order valence-electron chi connectivity index (χ2n) is 6.14. The van der Waals surface area contributed by atoms with E-state index in [1.54, 1.807) is 6.20 Å². The van der Waals surface area contributed by atoms with Crippen molar-refractivity contribution < 1.29 is 4.79 Å². The summed E-state index contributed by atoms with van der Waals surface area (Å²) < 4.78 is 0. The smallest absolute Gasteiger partial charge is 0.220 e. The molecule has 0 spiro atoms. The van der Waals surface area contributed by atoms with Gasteiger partial charge < -0.3 is 5.32 Å². The third-order valence-corrected chi connectivity index (χ3v) is 4.20. The average molecular weight is 312 g/mol. The molecule has 124 valence electrons. The summed E-state index contributed by atoms with van der Waals surface area (Å²) in [6, 6.07) is 10.1. The van der Waals surface area contributed by atoms with Crippen molar-refractivity contribution >= 4 is 16.8 Å². The van der Waals surface area contributed by atoms with Gasteiger partial charge in [-0.15, -0.1) is 0 Å². The summed E-state index contributed by atoms with van der Waals surface area (Å²) in [4.78, 5) is 16.4. The van der Waals surface area contributed by atoms with E-state index in [9.17, 15) is 4.79 Å². The third-order valence-electron chi connectivity index (χ3n) is 4.20. The van der Waals surface area contributed by atoms with Gasteiger partial charge in [-0.05, 0) is 18.1 Å². The van der Waals surface area contributed by atoms with Gasteiger partial charge in [0.15, 0.2) is 0 Å². The number of carbonyl (C=O) groups is 1. The third kappa shape index (κ3) is 6.01. The van der Waals surface area contributed by atoms with Crippen molar-refractivity contribution in [2.45, 2.75) is 64.8 Å². The highest BCUT2D eigenvalue weighted by atomic mass is 16.1. The fourth-order valence-corrected chi connectivity index (χ4v) is 2.83. The normalized spacial score (nSPS) is 10.8. The maximum atomic E-state index is 12.0. The zero-order valence-electron chi connectivity index (χ0n) is 14.2. The molecule has 0 saturated heterocycles. The first kappa shape index (κ1) is 17.5. The molecule has 1 heterocycles. The molecular formula is C20H28N2O. The predicted octanol–water partition coefficient (Wildman–Crippen LogP) is 4.99. The molecule has 0 radical (unpaired) electrons. The van der Waals surface area contributed by atoms with Crippen LogP contribution in [0.1, 0.15) is 63.9 Å². The summed E-state index contributed by atoms with van der Waals surface area (Å²) in [6.07, 6.45) is 11.1. The Morgan fingerprint density at radius 3 is 2.57 bits per heavy atom. The quantitative estimate of drug-likeness (QED) is 0.628. The number of nitrogens with zero attached hydrogens (tertiary/aromatic N) is 1. The molecule has 3 nitrogen and oxygen atoms in total. The second kappa shape index (κ2) is 9.98. The molecule has 0 aliphatic heterocycles. The van der Waals surface area contributed by atoms with Crippen molar-refractivity contribution in [2.75, 3.05) is 0 Å². The highest BCUT2D eigenvalue weighted by Crippen LogP contribution is 2.15. The highest BCUT2D eigenvalue weighted by molar-refractivity contribution is 5.82. The minimum absolute atomic E-state index is 0.145. The Hall–Kier alpha value is -1.90. The molecular weight excluding hydrogens is 284 g/mol. The van der Waals surface area contributed by atoms with Crippen LogP contribution >= 0.6 is 0 Å². The van der Waals surface area contributed by atoms with E-state index in [4.69, 9.17) is 0 Å². The van der Waals surface area contributed by atoms with Gasteiger partial charge in [0.2, 0.25) is 5.91 Å². The van der Waals surface area contributed by atoms with Gasteiger partial charge >= 0.3 is 0 Å². The van der Waals surface area contributed by atoms with E-state index in [1.807, 2.05) is 30.3 Å². The predicted molar refractivity (Wildman–Crippen MR) is 96.2 cm³/mol. The fourth-order valence-electron chi connectivity index (χ4n) is 2.83. The number of aromatic nitrogens is 1. The van der Waals surface area contributed by atoms with Gasteiger partial charge in [0.1, 0.15) is 0 Å². The molecule has 0 bridgehead atoms. The Kier molecular flexibility index (Phi) is 7.58. The van der Waals surface area contributed by atoms with E-state index in [2.05, 4.69) is 17.2 Å². The van der Waals surface area contributed by atoms with Gasteiger partial charge in [0, 0.05) is 24.5 Å². The molecule has 2 aromatic rings. The largest absolute Gasteiger partial charge is 0.352 e. The number of pyridine rings is 1. The van der Waals surface area contributed by atoms with Crippen LogP contribution in [0.5, 0.6) is 0 Å². The molecule has 1 aromatic carbocycles. The number of fused-ring (bicyclic) bond motifs is 1. The first-order chi connectivity index (χ1) is 11.3. The molecule has 23 heavy (non-hydrogen) atoms. The summed E-state index contributed by atoms with van der Waals surface area (Å²) in [5, 5.41) is 4.14. The lowest BCUT2D eigenvalue weighted by molar-refractivity contribution is -0.121. The summed E-state index contributed by atoms with van der Waals surface area (Å²) in [5.41, 5.74) is 2.06. The first-order valence-electron chi connectivity index (χ1n) is 8.90. The number of para-hydroxylation sites is 1. The van der Waals surface area contributed by atoms with Gasteiger partial charge in [-0.25, -0.2) is 0 Å². The van der Waals surface area contributed by atoms with Crippen molar-refractivity contribution in [3.05, 3.63) is 42.1 Å². The molecule has 0 atom stereocenters. The second-order valence-corrected chi connectivity index (χ2v) is 6.14. The average Bonchev–Trinajstić information content (AvgIpc) is 2.59. The zero-order valence-corrected chi connectivity index (χ0v) is 14.2. The van der Waals surface area contributed by atoms with Crippen LogP contribution in [0, 0.1) is 0 Å². The van der Waals surface area contributed by atoms with Crippen molar-refractivity contribution in [1.82, 2.24) is 10.3 Å². The van der Waals surface area contributed by atoms with Crippen LogP contribution in [0.4, 0.5) is 0 Å². The summed E-state index contributed by atoms with van der Waals surface area (Å²) in [6.45, 7) is 2.79. The SMILES string of the molecule is CCCCCCCCCC(=O)NCc1cccc2cccnc12. The highest BCUT2D eigenvalue weighted by Gasteiger charge is 2.04. The summed E-state index contributed by atoms with van der Waals surface area (Å²) in [5.74, 6) is 0.145. The lowest BCUT2D eigenvalue weighted by atomic mass is 10.1. The van der Waals surface area contributed by atoms with Crippen LogP contribution in [-0.2, 0) is 11.3 Å². The van der Waals surface area contributed by atoms with E-state index < -0.39 is 0 Å². The Labute approximate surface area is 139 Å². The molecule has 2 rings (SSSR count). The zero-order chi connectivity index (χ0) is 16.3. The van der Waals surface area contributed by atoms with Gasteiger partial charge in [-0.1, -0.05) is 69.7 Å². The number of rotatable bonds is 10. The van der Waals surface area contributed by atoms with Crippen LogP contribution in [0.25, 0.3) is 10.9 Å². The molecule has 0 aliphatic carbocycles. The number of amides is 1. The van der Waals surface area contributed by atoms with E-state index in [-0.39, 0.29) is 5.91 Å². The summed E-state index contributed by atoms with van der Waals surface area (Å²) >= 11 is 0. The van der Waals surface area contributed by atoms with Crippen molar-refractivity contribution in [3.63, 3.8) is 0 Å². The molecule has 0 unspecified atom stereocenters. The number of hydrogen-bond donors (Lipinski definition) is 1. The molecule has 0 saturated carbocycles. The molecule has 1 aromatic heterocycles. The molecule has 3 heteroatoms. The van der Waals surface area contributed by atoms with Crippen LogP contribution in [0.3, 0.4) is 0 Å². The molecule has 1 N–H and O–H groups in total. The number of nitrogens with one attached hydrogen (secondary N) is 1. The minimum atomic E-state index is 0.145. The first-order valence-corrected chi connectivity index (χ1v) is 8.90. The van der Waals surface area contributed by atoms with Crippen molar-refractivity contribution in [1.29, 1.82) is 0 Å². The maximum absolute atomic E-state index is 12.0. The van der Waals surface area contributed by atoms with Crippen molar-refractivity contribution in [2.24, 2.45) is 0 Å². The lowest BCUT2D eigenvalue weighted by Gasteiger charge is -2.08. The number of carbonyl (C=O) groups excluding carboxylic acids is 1. The standard InChI is InChI=1S/C20H28N2O/c1-2-3-4-5-6-7-8-14-19(23)22-16-18-12-9-11-17-13-10-15-21-20(17)18/h9-13,15H,2-8,14,16H2,1H3,(H,22,23). The topological polar surface area (TPSA) is 42.0 Å². The van der Waals surface area contributed by atoms with E-state index >= 15 is 0 Å². The van der Waals surface area contributed by atoms with Crippen LogP contribution in [0.15, 0.2) is 36.5 Å². The van der Waals surface area contributed by atoms with E-state index in [0.29, 0.717) is 13.0 Å². The van der Waals surface area contributed by atoms with Gasteiger partial charge in [0.05, 0.1) is 5.52 Å². The maximum Gasteiger partial charge on any atom is 0.220 e. The monoisotopic (exact) mass is 312 g/mol. The molecule has 0 aliphatic rings. The van der Waals surface area contributed by atoms with Crippen LogP contribution < -0.4 is 5.32 Å². The number of benzene rings is 1. The Bertz CT molecular complexity index is 604. The van der Waals surface area contributed by atoms with Gasteiger partial charge in [0.25, 0.3) is 0 Å². The van der Waals surface area contributed by atoms with E-state index in [1.165, 1.54) is 32.1 Å². The fraction of sp³-hybridized carbons (Fsp3) is 0.500. The van der Waals surface area contributed by atoms with Crippen LogP contribution in [0.2, 0.25) is 0 Å². The molecule has 1 amide bonds. The lowest BCUT2D eigenvalue weighted by Crippen LogP contribution is -2.22. The van der Waals surface area contributed by atoms with Gasteiger partial charge in [-0.2, -0.15) is 0 Å². The summed E-state index contributed by atoms with van der Waals surface area (Å²) in [7, 11) is 0. The number of hydrogen-bond acceptors (Lipinski definition) is 2. The number of unbranched alkanes of at least 4 members (excludes halogenated alkanes) is 6. The minimum Gasteiger partial charge on any atom is -0.352 e. The Morgan fingerprint density at radius 2 is 1.74 bits per heavy atom. The van der Waals surface area contributed by atoms with Gasteiger partial charge in [-0.3, -0.25) is 9.78 Å². The molecule has 0 fully saturated rings. The Morgan fingerprint density at radius 1 is 1.00 bits per heavy atom. The van der Waals surface area contributed by atoms with Crippen molar-refractivity contribution in [3.8, 4) is 0 Å². The van der Waals surface area contributed by atoms with Crippen LogP contribution in [-0.4, -0.2) is 10.9 Å².